The average Bonchev–Trinajstić information content (AvgIpc) is 3.35. The van der Waals surface area contributed by atoms with Crippen LogP contribution in [0.1, 0.15) is 29.5 Å². The zero-order valence-electron chi connectivity index (χ0n) is 16.6. The third-order valence-electron chi connectivity index (χ3n) is 5.47. The van der Waals surface area contributed by atoms with E-state index in [-0.39, 0.29) is 17.9 Å². The number of nitro benzene ring substituents is 1. The Hall–Kier alpha value is -3.68. The van der Waals surface area contributed by atoms with Gasteiger partial charge in [-0.3, -0.25) is 19.8 Å². The van der Waals surface area contributed by atoms with Gasteiger partial charge in [0.2, 0.25) is 0 Å². The molecular formula is C22H22N4O4. The highest BCUT2D eigenvalue weighted by Crippen LogP contribution is 2.25. The van der Waals surface area contributed by atoms with Crippen LogP contribution < -0.4 is 10.2 Å². The summed E-state index contributed by atoms with van der Waals surface area (Å²) in [6, 6.07) is 11.4. The molecule has 154 valence electrons. The minimum Gasteiger partial charge on any atom is -0.372 e. The lowest BCUT2D eigenvalue weighted by atomic mass is 10.1. The van der Waals surface area contributed by atoms with Gasteiger partial charge in [-0.1, -0.05) is 18.2 Å². The predicted octanol–water partition coefficient (Wildman–Crippen LogP) is 3.60. The van der Waals surface area contributed by atoms with Crippen molar-refractivity contribution >= 4 is 29.4 Å². The molecule has 0 aromatic heterocycles. The number of urea groups is 1. The zero-order valence-corrected chi connectivity index (χ0v) is 16.6. The molecule has 2 aliphatic rings. The fourth-order valence-corrected chi connectivity index (χ4v) is 3.77. The highest BCUT2D eigenvalue weighted by molar-refractivity contribution is 6.14. The second-order valence-corrected chi connectivity index (χ2v) is 7.54. The van der Waals surface area contributed by atoms with Gasteiger partial charge in [0.05, 0.1) is 11.5 Å². The van der Waals surface area contributed by atoms with E-state index in [4.69, 9.17) is 0 Å². The van der Waals surface area contributed by atoms with Gasteiger partial charge in [-0.25, -0.2) is 4.79 Å². The molecule has 2 heterocycles. The summed E-state index contributed by atoms with van der Waals surface area (Å²) in [5.41, 5.74) is 3.90. The lowest BCUT2D eigenvalue weighted by Crippen LogP contribution is -2.30. The maximum Gasteiger partial charge on any atom is 0.329 e. The van der Waals surface area contributed by atoms with Crippen LogP contribution in [-0.4, -0.2) is 34.9 Å². The lowest BCUT2D eigenvalue weighted by Gasteiger charge is -2.18. The number of imide groups is 1. The number of aryl methyl sites for hydroxylation is 1. The van der Waals surface area contributed by atoms with Gasteiger partial charge in [0, 0.05) is 30.9 Å². The number of rotatable bonds is 5. The molecular weight excluding hydrogens is 384 g/mol. The number of hydrogen-bond donors (Lipinski definition) is 1. The Bertz CT molecular complexity index is 1040. The van der Waals surface area contributed by atoms with Crippen molar-refractivity contribution in [2.75, 3.05) is 18.0 Å². The first kappa shape index (κ1) is 19.6. The van der Waals surface area contributed by atoms with Gasteiger partial charge in [-0.15, -0.1) is 0 Å². The molecule has 30 heavy (non-hydrogen) atoms. The number of carbonyl (C=O) groups excluding carboxylic acids is 2. The summed E-state index contributed by atoms with van der Waals surface area (Å²) >= 11 is 0. The zero-order chi connectivity index (χ0) is 21.3. The summed E-state index contributed by atoms with van der Waals surface area (Å²) in [4.78, 5) is 38.8. The summed E-state index contributed by atoms with van der Waals surface area (Å²) in [5.74, 6) is -0.415. The molecule has 2 saturated heterocycles. The van der Waals surface area contributed by atoms with Crippen molar-refractivity contribution in [3.63, 3.8) is 0 Å². The van der Waals surface area contributed by atoms with Gasteiger partial charge in [0.25, 0.3) is 11.6 Å². The van der Waals surface area contributed by atoms with Crippen LogP contribution >= 0.6 is 0 Å². The number of nitro groups is 1. The molecule has 0 saturated carbocycles. The summed E-state index contributed by atoms with van der Waals surface area (Å²) in [6.45, 7) is 4.16. The largest absolute Gasteiger partial charge is 0.372 e. The van der Waals surface area contributed by atoms with Crippen LogP contribution in [0, 0.1) is 17.0 Å². The average molecular weight is 406 g/mol. The Balaban J connectivity index is 1.50. The second kappa shape index (κ2) is 7.98. The van der Waals surface area contributed by atoms with E-state index in [9.17, 15) is 19.7 Å². The molecule has 0 aliphatic carbocycles. The molecule has 2 fully saturated rings. The highest BCUT2D eigenvalue weighted by Gasteiger charge is 2.33. The fraction of sp³-hybridized carbons (Fsp3) is 0.273. The maximum absolute atomic E-state index is 12.7. The minimum atomic E-state index is -0.504. The molecule has 0 spiro atoms. The predicted molar refractivity (Wildman–Crippen MR) is 113 cm³/mol. The summed E-state index contributed by atoms with van der Waals surface area (Å²) in [5, 5.41) is 13.4. The van der Waals surface area contributed by atoms with Crippen LogP contribution in [-0.2, 0) is 11.3 Å². The number of carbonyl (C=O) groups is 2. The smallest absolute Gasteiger partial charge is 0.329 e. The van der Waals surface area contributed by atoms with E-state index in [1.54, 1.807) is 18.2 Å². The van der Waals surface area contributed by atoms with Crippen molar-refractivity contribution in [1.29, 1.82) is 0 Å². The molecule has 2 aromatic rings. The molecule has 8 nitrogen and oxygen atoms in total. The van der Waals surface area contributed by atoms with Crippen LogP contribution in [0.15, 0.2) is 48.2 Å². The maximum atomic E-state index is 12.7. The van der Waals surface area contributed by atoms with Gasteiger partial charge in [0.15, 0.2) is 0 Å². The van der Waals surface area contributed by atoms with Crippen molar-refractivity contribution in [3.05, 3.63) is 75.0 Å². The minimum absolute atomic E-state index is 0.0376. The summed E-state index contributed by atoms with van der Waals surface area (Å²) in [6.07, 6.45) is 4.10. The van der Waals surface area contributed by atoms with E-state index in [2.05, 4.69) is 16.3 Å². The Morgan fingerprint density at radius 1 is 1.10 bits per heavy atom. The van der Waals surface area contributed by atoms with E-state index in [0.29, 0.717) is 5.56 Å². The first-order valence-corrected chi connectivity index (χ1v) is 9.86. The molecule has 0 radical (unpaired) electrons. The van der Waals surface area contributed by atoms with Gasteiger partial charge < -0.3 is 10.2 Å². The Labute approximate surface area is 173 Å². The van der Waals surface area contributed by atoms with Crippen LogP contribution in [0.5, 0.6) is 0 Å². The van der Waals surface area contributed by atoms with Crippen molar-refractivity contribution < 1.29 is 14.5 Å². The quantitative estimate of drug-likeness (QED) is 0.354. The Kier molecular flexibility index (Phi) is 5.22. The lowest BCUT2D eigenvalue weighted by molar-refractivity contribution is -0.384. The van der Waals surface area contributed by atoms with Crippen molar-refractivity contribution in [1.82, 2.24) is 10.2 Å². The molecule has 3 amide bonds. The molecule has 4 rings (SSSR count). The topological polar surface area (TPSA) is 95.8 Å². The molecule has 1 N–H and O–H groups in total. The number of non-ortho nitro benzene ring substituents is 1. The SMILES string of the molecule is Cc1cc(N2CCCC2)ccc1/C=C1\NC(=O)N(Cc2ccc([N+](=O)[O-])cc2)C1=O. The van der Waals surface area contributed by atoms with Crippen LogP contribution in [0.2, 0.25) is 0 Å². The fourth-order valence-electron chi connectivity index (χ4n) is 3.77. The van der Waals surface area contributed by atoms with E-state index < -0.39 is 16.9 Å². The number of amides is 3. The van der Waals surface area contributed by atoms with Gasteiger partial charge in [-0.05, 0) is 54.7 Å². The van der Waals surface area contributed by atoms with Gasteiger partial charge in [-0.2, -0.15) is 0 Å². The number of nitrogens with one attached hydrogen (secondary N) is 1. The first-order valence-electron chi connectivity index (χ1n) is 9.86. The number of benzene rings is 2. The monoisotopic (exact) mass is 406 g/mol. The molecule has 2 aromatic carbocycles. The van der Waals surface area contributed by atoms with Gasteiger partial charge >= 0.3 is 6.03 Å². The van der Waals surface area contributed by atoms with E-state index in [1.807, 2.05) is 19.1 Å². The Morgan fingerprint density at radius 2 is 1.80 bits per heavy atom. The van der Waals surface area contributed by atoms with Crippen molar-refractivity contribution in [2.45, 2.75) is 26.3 Å². The van der Waals surface area contributed by atoms with Crippen LogP contribution in [0.25, 0.3) is 6.08 Å². The molecule has 0 atom stereocenters. The third kappa shape index (κ3) is 3.89. The van der Waals surface area contributed by atoms with E-state index in [1.165, 1.54) is 30.7 Å². The first-order chi connectivity index (χ1) is 14.4. The Morgan fingerprint density at radius 3 is 2.43 bits per heavy atom. The summed E-state index contributed by atoms with van der Waals surface area (Å²) < 4.78 is 0. The third-order valence-corrected chi connectivity index (χ3v) is 5.47. The second-order valence-electron chi connectivity index (χ2n) is 7.54. The molecule has 2 aliphatic heterocycles. The molecule has 8 heteroatoms. The van der Waals surface area contributed by atoms with Gasteiger partial charge in [0.1, 0.15) is 5.70 Å². The van der Waals surface area contributed by atoms with E-state index >= 15 is 0 Å². The van der Waals surface area contributed by atoms with Crippen molar-refractivity contribution in [2.24, 2.45) is 0 Å². The highest BCUT2D eigenvalue weighted by atomic mass is 16.6. The normalized spacial score (nSPS) is 17.7. The number of anilines is 1. The number of nitrogens with zero attached hydrogens (tertiary/aromatic N) is 3. The van der Waals surface area contributed by atoms with E-state index in [0.717, 1.165) is 29.1 Å². The summed E-state index contributed by atoms with van der Waals surface area (Å²) in [7, 11) is 0. The van der Waals surface area contributed by atoms with Crippen LogP contribution in [0.4, 0.5) is 16.2 Å². The molecule has 0 bridgehead atoms. The van der Waals surface area contributed by atoms with Crippen molar-refractivity contribution in [3.8, 4) is 0 Å². The number of hydrogen-bond acceptors (Lipinski definition) is 5. The standard InChI is InChI=1S/C22H22N4O4/c1-15-12-19(24-10-2-3-11-24)9-6-17(15)13-20-21(27)25(22(28)23-20)14-16-4-7-18(8-5-16)26(29)30/h4-9,12-13H,2-3,10-11,14H2,1H3,(H,23,28)/b20-13-. The molecule has 0 unspecified atom stereocenters. The van der Waals surface area contributed by atoms with Crippen LogP contribution in [0.3, 0.4) is 0 Å².